The number of hydrogen-bond donors (Lipinski definition) is 2. The third-order valence-corrected chi connectivity index (χ3v) is 3.08. The Balaban J connectivity index is 1.71. The molecule has 0 aliphatic heterocycles. The Hall–Kier alpha value is -2.08. The van der Waals surface area contributed by atoms with E-state index in [-0.39, 0.29) is 11.1 Å². The van der Waals surface area contributed by atoms with Crippen LogP contribution in [0.15, 0.2) is 30.6 Å². The van der Waals surface area contributed by atoms with Gasteiger partial charge in [0.1, 0.15) is 5.82 Å². The van der Waals surface area contributed by atoms with Crippen molar-refractivity contribution in [3.63, 3.8) is 0 Å². The highest BCUT2D eigenvalue weighted by molar-refractivity contribution is 6.31. The molecule has 1 heterocycles. The van der Waals surface area contributed by atoms with Crippen molar-refractivity contribution in [3.8, 4) is 0 Å². The maximum Gasteiger partial charge on any atom is 0.319 e. The molecule has 0 aliphatic carbocycles. The topological polar surface area (TPSA) is 59.0 Å². The van der Waals surface area contributed by atoms with E-state index in [1.807, 2.05) is 17.8 Å². The van der Waals surface area contributed by atoms with Gasteiger partial charge in [-0.25, -0.2) is 9.18 Å². The fourth-order valence-corrected chi connectivity index (χ4v) is 1.96. The van der Waals surface area contributed by atoms with Crippen molar-refractivity contribution in [1.29, 1.82) is 0 Å². The van der Waals surface area contributed by atoms with E-state index >= 15 is 0 Å². The largest absolute Gasteiger partial charge is 0.338 e. The van der Waals surface area contributed by atoms with E-state index in [0.717, 1.165) is 18.5 Å². The number of benzene rings is 1. The van der Waals surface area contributed by atoms with Gasteiger partial charge in [-0.05, 0) is 37.1 Å². The number of amides is 2. The van der Waals surface area contributed by atoms with Crippen molar-refractivity contribution in [2.45, 2.75) is 19.9 Å². The first kappa shape index (κ1) is 15.3. The van der Waals surface area contributed by atoms with E-state index in [1.54, 1.807) is 6.20 Å². The van der Waals surface area contributed by atoms with Crippen LogP contribution in [-0.2, 0) is 6.54 Å². The Morgan fingerprint density at radius 3 is 2.95 bits per heavy atom. The zero-order valence-corrected chi connectivity index (χ0v) is 12.3. The zero-order chi connectivity index (χ0) is 15.2. The van der Waals surface area contributed by atoms with Crippen LogP contribution in [0.25, 0.3) is 0 Å². The lowest BCUT2D eigenvalue weighted by Crippen LogP contribution is -2.30. The van der Waals surface area contributed by atoms with Gasteiger partial charge in [0.25, 0.3) is 0 Å². The Morgan fingerprint density at radius 2 is 2.29 bits per heavy atom. The normalized spacial score (nSPS) is 10.4. The summed E-state index contributed by atoms with van der Waals surface area (Å²) in [6.07, 6.45) is 4.50. The number of hydrogen-bond acceptors (Lipinski definition) is 2. The number of halogens is 2. The number of nitrogens with one attached hydrogen (secondary N) is 2. The Bertz CT molecular complexity index is 629. The number of rotatable bonds is 5. The van der Waals surface area contributed by atoms with Crippen LogP contribution in [0.4, 0.5) is 14.9 Å². The molecule has 0 atom stereocenters. The number of aryl methyl sites for hydroxylation is 2. The van der Waals surface area contributed by atoms with Gasteiger partial charge >= 0.3 is 6.03 Å². The average Bonchev–Trinajstić information content (AvgIpc) is 2.85. The fourth-order valence-electron chi connectivity index (χ4n) is 1.78. The quantitative estimate of drug-likeness (QED) is 0.833. The summed E-state index contributed by atoms with van der Waals surface area (Å²) in [6.45, 7) is 3.22. The first-order chi connectivity index (χ1) is 10.0. The molecule has 2 N–H and O–H groups in total. The number of carbonyl (C=O) groups excluding carboxylic acids is 1. The standard InChI is InChI=1S/C14H16ClFN4O/c1-10-8-18-20(9-10)6-2-5-17-14(21)19-11-3-4-13(16)12(15)7-11/h3-4,7-9H,2,5-6H2,1H3,(H2,17,19,21). The molecular weight excluding hydrogens is 295 g/mol. The SMILES string of the molecule is Cc1cnn(CCCNC(=O)Nc2ccc(F)c(Cl)c2)c1. The summed E-state index contributed by atoms with van der Waals surface area (Å²) in [4.78, 5) is 11.6. The fraction of sp³-hybridized carbons (Fsp3) is 0.286. The second kappa shape index (κ2) is 7.08. The van der Waals surface area contributed by atoms with Crippen molar-refractivity contribution in [2.75, 3.05) is 11.9 Å². The van der Waals surface area contributed by atoms with Crippen LogP contribution in [0, 0.1) is 12.7 Å². The van der Waals surface area contributed by atoms with Gasteiger partial charge in [-0.3, -0.25) is 4.68 Å². The van der Waals surface area contributed by atoms with E-state index < -0.39 is 5.82 Å². The molecule has 0 aliphatic rings. The van der Waals surface area contributed by atoms with Gasteiger partial charge in [0.2, 0.25) is 0 Å². The van der Waals surface area contributed by atoms with E-state index in [1.165, 1.54) is 18.2 Å². The minimum absolute atomic E-state index is 0.0261. The van der Waals surface area contributed by atoms with Crippen molar-refractivity contribution in [2.24, 2.45) is 0 Å². The second-order valence-corrected chi connectivity index (χ2v) is 5.05. The summed E-state index contributed by atoms with van der Waals surface area (Å²) < 4.78 is 14.8. The van der Waals surface area contributed by atoms with Crippen molar-refractivity contribution in [1.82, 2.24) is 15.1 Å². The lowest BCUT2D eigenvalue weighted by molar-refractivity contribution is 0.251. The number of carbonyl (C=O) groups is 1. The maximum absolute atomic E-state index is 13.0. The van der Waals surface area contributed by atoms with Gasteiger partial charge in [-0.1, -0.05) is 11.6 Å². The Kier molecular flexibility index (Phi) is 5.16. The molecular formula is C14H16ClFN4O. The number of urea groups is 1. The molecule has 0 radical (unpaired) electrons. The van der Waals surface area contributed by atoms with Gasteiger partial charge in [0.15, 0.2) is 0 Å². The molecule has 0 saturated carbocycles. The molecule has 112 valence electrons. The molecule has 0 unspecified atom stereocenters. The van der Waals surface area contributed by atoms with E-state index in [9.17, 15) is 9.18 Å². The Labute approximate surface area is 127 Å². The summed E-state index contributed by atoms with van der Waals surface area (Å²) >= 11 is 5.64. The van der Waals surface area contributed by atoms with Gasteiger partial charge in [-0.15, -0.1) is 0 Å². The van der Waals surface area contributed by atoms with E-state index in [4.69, 9.17) is 11.6 Å². The van der Waals surface area contributed by atoms with E-state index in [0.29, 0.717) is 12.2 Å². The summed E-state index contributed by atoms with van der Waals surface area (Å²) in [6, 6.07) is 3.67. The van der Waals surface area contributed by atoms with E-state index in [2.05, 4.69) is 15.7 Å². The maximum atomic E-state index is 13.0. The van der Waals surface area contributed by atoms with Crippen LogP contribution in [-0.4, -0.2) is 22.4 Å². The lowest BCUT2D eigenvalue weighted by Gasteiger charge is -2.08. The predicted octanol–water partition coefficient (Wildman–Crippen LogP) is 3.20. The van der Waals surface area contributed by atoms with Gasteiger partial charge in [0, 0.05) is 25.0 Å². The molecule has 2 aromatic rings. The van der Waals surface area contributed by atoms with Crippen molar-refractivity contribution in [3.05, 3.63) is 47.0 Å². The molecule has 0 fully saturated rings. The average molecular weight is 311 g/mol. The van der Waals surface area contributed by atoms with Gasteiger partial charge in [-0.2, -0.15) is 5.10 Å². The summed E-state index contributed by atoms with van der Waals surface area (Å²) in [5.74, 6) is -0.517. The van der Waals surface area contributed by atoms with Gasteiger partial charge in [0.05, 0.1) is 11.2 Å². The van der Waals surface area contributed by atoms with Crippen LogP contribution >= 0.6 is 11.6 Å². The summed E-state index contributed by atoms with van der Waals surface area (Å²) in [5.41, 5.74) is 1.55. The highest BCUT2D eigenvalue weighted by Gasteiger charge is 2.04. The Morgan fingerprint density at radius 1 is 1.48 bits per heavy atom. The van der Waals surface area contributed by atoms with Gasteiger partial charge < -0.3 is 10.6 Å². The number of anilines is 1. The molecule has 1 aromatic carbocycles. The van der Waals surface area contributed by atoms with Crippen LogP contribution in [0.2, 0.25) is 5.02 Å². The molecule has 2 rings (SSSR count). The predicted molar refractivity (Wildman–Crippen MR) is 80.0 cm³/mol. The van der Waals surface area contributed by atoms with Crippen LogP contribution < -0.4 is 10.6 Å². The summed E-state index contributed by atoms with van der Waals surface area (Å²) in [5, 5.41) is 9.43. The molecule has 0 bridgehead atoms. The van der Waals surface area contributed by atoms with Crippen LogP contribution in [0.3, 0.4) is 0 Å². The smallest absolute Gasteiger partial charge is 0.319 e. The molecule has 2 amide bonds. The van der Waals surface area contributed by atoms with Crippen LogP contribution in [0.1, 0.15) is 12.0 Å². The first-order valence-electron chi connectivity index (χ1n) is 6.53. The van der Waals surface area contributed by atoms with Crippen molar-refractivity contribution < 1.29 is 9.18 Å². The molecule has 21 heavy (non-hydrogen) atoms. The monoisotopic (exact) mass is 310 g/mol. The molecule has 0 saturated heterocycles. The third kappa shape index (κ3) is 4.75. The molecule has 5 nitrogen and oxygen atoms in total. The second-order valence-electron chi connectivity index (χ2n) is 4.64. The third-order valence-electron chi connectivity index (χ3n) is 2.79. The number of aromatic nitrogens is 2. The summed E-state index contributed by atoms with van der Waals surface area (Å²) in [7, 11) is 0. The lowest BCUT2D eigenvalue weighted by atomic mass is 10.3. The minimum atomic E-state index is -0.517. The number of nitrogens with zero attached hydrogens (tertiary/aromatic N) is 2. The molecule has 0 spiro atoms. The minimum Gasteiger partial charge on any atom is -0.338 e. The highest BCUT2D eigenvalue weighted by Crippen LogP contribution is 2.19. The molecule has 1 aromatic heterocycles. The zero-order valence-electron chi connectivity index (χ0n) is 11.6. The van der Waals surface area contributed by atoms with Crippen LogP contribution in [0.5, 0.6) is 0 Å². The first-order valence-corrected chi connectivity index (χ1v) is 6.91. The van der Waals surface area contributed by atoms with Crippen molar-refractivity contribution >= 4 is 23.3 Å². The highest BCUT2D eigenvalue weighted by atomic mass is 35.5. The molecule has 7 heteroatoms.